The van der Waals surface area contributed by atoms with Crippen LogP contribution in [0.5, 0.6) is 0 Å². The van der Waals surface area contributed by atoms with Crippen LogP contribution in [0, 0.1) is 6.92 Å². The molecule has 3 aromatic rings. The van der Waals surface area contributed by atoms with Crippen molar-refractivity contribution in [2.45, 2.75) is 58.7 Å². The molecule has 4 nitrogen and oxygen atoms in total. The predicted molar refractivity (Wildman–Crippen MR) is 139 cm³/mol. The van der Waals surface area contributed by atoms with E-state index in [1.54, 1.807) is 4.90 Å². The van der Waals surface area contributed by atoms with Gasteiger partial charge in [0.2, 0.25) is 11.8 Å². The lowest BCUT2D eigenvalue weighted by molar-refractivity contribution is -0.141. The Hall–Kier alpha value is -3.11. The number of carbonyl (C=O) groups is 2. The summed E-state index contributed by atoms with van der Waals surface area (Å²) in [5.41, 5.74) is 3.98. The first-order chi connectivity index (χ1) is 16.4. The molecule has 34 heavy (non-hydrogen) atoms. The molecule has 0 radical (unpaired) electrons. The van der Waals surface area contributed by atoms with Crippen molar-refractivity contribution in [1.82, 2.24) is 10.2 Å². The number of nitrogens with one attached hydrogen (secondary N) is 1. The largest absolute Gasteiger partial charge is 0.352 e. The van der Waals surface area contributed by atoms with Crippen molar-refractivity contribution in [3.63, 3.8) is 0 Å². The van der Waals surface area contributed by atoms with E-state index in [1.807, 2.05) is 99.6 Å². The summed E-state index contributed by atoms with van der Waals surface area (Å²) in [6, 6.07) is 24.6. The monoisotopic (exact) mass is 476 g/mol. The zero-order valence-corrected chi connectivity index (χ0v) is 20.9. The topological polar surface area (TPSA) is 49.4 Å². The van der Waals surface area contributed by atoms with Crippen molar-refractivity contribution in [1.29, 1.82) is 0 Å². The van der Waals surface area contributed by atoms with E-state index < -0.39 is 6.04 Å². The van der Waals surface area contributed by atoms with Crippen LogP contribution in [0.3, 0.4) is 0 Å². The fraction of sp³-hybridized carbons (Fsp3) is 0.310. The number of carbonyl (C=O) groups excluding carboxylic acids is 2. The Morgan fingerprint density at radius 3 is 2.24 bits per heavy atom. The van der Waals surface area contributed by atoms with Crippen molar-refractivity contribution in [2.75, 3.05) is 0 Å². The molecule has 0 unspecified atom stereocenters. The van der Waals surface area contributed by atoms with E-state index in [0.717, 1.165) is 28.7 Å². The van der Waals surface area contributed by atoms with Gasteiger partial charge in [0.25, 0.3) is 0 Å². The summed E-state index contributed by atoms with van der Waals surface area (Å²) in [6.45, 7) is 6.35. The van der Waals surface area contributed by atoms with E-state index in [9.17, 15) is 9.59 Å². The minimum absolute atomic E-state index is 0.0232. The molecule has 3 rings (SSSR count). The lowest BCUT2D eigenvalue weighted by atomic mass is 10.0. The number of hydrogen-bond acceptors (Lipinski definition) is 2. The summed E-state index contributed by atoms with van der Waals surface area (Å²) >= 11 is 6.08. The van der Waals surface area contributed by atoms with Crippen LogP contribution in [-0.4, -0.2) is 28.8 Å². The van der Waals surface area contributed by atoms with E-state index in [4.69, 9.17) is 11.6 Å². The molecule has 0 aromatic heterocycles. The maximum absolute atomic E-state index is 13.7. The van der Waals surface area contributed by atoms with Crippen molar-refractivity contribution in [3.8, 4) is 0 Å². The third kappa shape index (κ3) is 7.46. The van der Waals surface area contributed by atoms with Crippen molar-refractivity contribution in [3.05, 3.63) is 106 Å². The van der Waals surface area contributed by atoms with Crippen molar-refractivity contribution in [2.24, 2.45) is 0 Å². The highest BCUT2D eigenvalue weighted by Crippen LogP contribution is 2.18. The molecular formula is C29H33ClN2O2. The molecular weight excluding hydrogens is 444 g/mol. The molecule has 2 atom stereocenters. The molecule has 3 aromatic carbocycles. The maximum Gasteiger partial charge on any atom is 0.243 e. The number of nitrogens with zero attached hydrogens (tertiary/aromatic N) is 1. The van der Waals surface area contributed by atoms with Gasteiger partial charge < -0.3 is 10.2 Å². The summed E-state index contributed by atoms with van der Waals surface area (Å²) in [4.78, 5) is 28.9. The number of hydrogen-bond donors (Lipinski definition) is 1. The van der Waals surface area contributed by atoms with Gasteiger partial charge in [0.1, 0.15) is 6.04 Å². The van der Waals surface area contributed by atoms with Crippen molar-refractivity contribution < 1.29 is 9.59 Å². The maximum atomic E-state index is 13.7. The quantitative estimate of drug-likeness (QED) is 0.405. The standard InChI is InChI=1S/C29H33ClN2O2/c1-4-22(3)31-29(34)27(18-23-10-6-5-7-11-23)32(20-24-13-15-26(30)16-14-24)28(33)19-25-12-8-9-21(2)17-25/h5-17,22,27H,4,18-20H2,1-3H3,(H,31,34)/t22-,27+/m0/s1. The van der Waals surface area contributed by atoms with Gasteiger partial charge in [0.05, 0.1) is 6.42 Å². The SMILES string of the molecule is CC[C@H](C)NC(=O)[C@@H](Cc1ccccc1)N(Cc1ccc(Cl)cc1)C(=O)Cc1cccc(C)c1. The van der Waals surface area contributed by atoms with Crippen LogP contribution in [0.4, 0.5) is 0 Å². The Bertz CT molecular complexity index is 1080. The molecule has 0 aliphatic rings. The van der Waals surface area contributed by atoms with Crippen LogP contribution in [0.1, 0.15) is 42.5 Å². The number of rotatable bonds is 10. The fourth-order valence-corrected chi connectivity index (χ4v) is 4.01. The number of amides is 2. The first-order valence-corrected chi connectivity index (χ1v) is 12.2. The van der Waals surface area contributed by atoms with Gasteiger partial charge >= 0.3 is 0 Å². The van der Waals surface area contributed by atoms with Crippen LogP contribution >= 0.6 is 11.6 Å². The highest BCUT2D eigenvalue weighted by Gasteiger charge is 2.31. The lowest BCUT2D eigenvalue weighted by Crippen LogP contribution is -2.52. The highest BCUT2D eigenvalue weighted by atomic mass is 35.5. The average molecular weight is 477 g/mol. The molecule has 2 amide bonds. The first kappa shape index (κ1) is 25.5. The van der Waals surface area contributed by atoms with Gasteiger partial charge in [-0.25, -0.2) is 0 Å². The third-order valence-electron chi connectivity index (χ3n) is 5.98. The van der Waals surface area contributed by atoms with Crippen LogP contribution in [0.25, 0.3) is 0 Å². The van der Waals surface area contributed by atoms with Gasteiger partial charge in [-0.3, -0.25) is 9.59 Å². The Balaban J connectivity index is 1.96. The molecule has 0 bridgehead atoms. The highest BCUT2D eigenvalue weighted by molar-refractivity contribution is 6.30. The fourth-order valence-electron chi connectivity index (χ4n) is 3.88. The van der Waals surface area contributed by atoms with Gasteiger partial charge in [-0.1, -0.05) is 90.8 Å². The third-order valence-corrected chi connectivity index (χ3v) is 6.23. The summed E-state index contributed by atoms with van der Waals surface area (Å²) in [5.74, 6) is -0.217. The molecule has 5 heteroatoms. The van der Waals surface area contributed by atoms with Gasteiger partial charge in [-0.15, -0.1) is 0 Å². The normalized spacial score (nSPS) is 12.6. The van der Waals surface area contributed by atoms with Gasteiger partial charge in [-0.2, -0.15) is 0 Å². The smallest absolute Gasteiger partial charge is 0.243 e. The molecule has 1 N–H and O–H groups in total. The van der Waals surface area contributed by atoms with Gasteiger partial charge in [-0.05, 0) is 49.1 Å². The van der Waals surface area contributed by atoms with E-state index in [1.165, 1.54) is 0 Å². The van der Waals surface area contributed by atoms with Gasteiger partial charge in [0.15, 0.2) is 0 Å². The van der Waals surface area contributed by atoms with Crippen LogP contribution in [-0.2, 0) is 29.0 Å². The van der Waals surface area contributed by atoms with E-state index in [-0.39, 0.29) is 24.3 Å². The Morgan fingerprint density at radius 1 is 0.912 bits per heavy atom. The summed E-state index contributed by atoms with van der Waals surface area (Å²) in [6.07, 6.45) is 1.49. The second kappa shape index (κ2) is 12.4. The molecule has 0 aliphatic carbocycles. The number of benzene rings is 3. The number of halogens is 1. The Labute approximate surface area is 207 Å². The van der Waals surface area contributed by atoms with Crippen LogP contribution in [0.2, 0.25) is 5.02 Å². The molecule has 0 aliphatic heterocycles. The molecule has 0 saturated carbocycles. The molecule has 0 spiro atoms. The Kier molecular flexibility index (Phi) is 9.29. The minimum Gasteiger partial charge on any atom is -0.352 e. The molecule has 0 fully saturated rings. The average Bonchev–Trinajstić information content (AvgIpc) is 2.83. The van der Waals surface area contributed by atoms with Crippen molar-refractivity contribution >= 4 is 23.4 Å². The summed E-state index contributed by atoms with van der Waals surface area (Å²) in [5, 5.41) is 3.74. The Morgan fingerprint density at radius 2 is 1.59 bits per heavy atom. The zero-order valence-electron chi connectivity index (χ0n) is 20.1. The van der Waals surface area contributed by atoms with E-state index in [2.05, 4.69) is 5.32 Å². The lowest BCUT2D eigenvalue weighted by Gasteiger charge is -2.32. The predicted octanol–water partition coefficient (Wildman–Crippen LogP) is 5.75. The first-order valence-electron chi connectivity index (χ1n) is 11.8. The van der Waals surface area contributed by atoms with E-state index >= 15 is 0 Å². The molecule has 0 heterocycles. The second-order valence-corrected chi connectivity index (χ2v) is 9.27. The van der Waals surface area contributed by atoms with E-state index in [0.29, 0.717) is 18.0 Å². The van der Waals surface area contributed by atoms with Gasteiger partial charge in [0, 0.05) is 24.0 Å². The van der Waals surface area contributed by atoms with Crippen LogP contribution < -0.4 is 5.32 Å². The second-order valence-electron chi connectivity index (χ2n) is 8.84. The number of aryl methyl sites for hydroxylation is 1. The molecule has 0 saturated heterocycles. The summed E-state index contributed by atoms with van der Waals surface area (Å²) in [7, 11) is 0. The summed E-state index contributed by atoms with van der Waals surface area (Å²) < 4.78 is 0. The zero-order chi connectivity index (χ0) is 24.5. The molecule has 178 valence electrons. The van der Waals surface area contributed by atoms with Crippen LogP contribution in [0.15, 0.2) is 78.9 Å². The minimum atomic E-state index is -0.635.